The van der Waals surface area contributed by atoms with Gasteiger partial charge in [-0.05, 0) is 91.5 Å². The fourth-order valence-electron chi connectivity index (χ4n) is 7.44. The summed E-state index contributed by atoms with van der Waals surface area (Å²) in [6.45, 7) is 1.74. The van der Waals surface area contributed by atoms with Gasteiger partial charge in [0.05, 0.1) is 5.92 Å². The summed E-state index contributed by atoms with van der Waals surface area (Å²) in [6, 6.07) is 17.0. The molecule has 2 aromatic rings. The molecule has 5 nitrogen and oxygen atoms in total. The normalized spacial score (nSPS) is 32.0. The molecule has 1 unspecified atom stereocenters. The first-order valence-electron chi connectivity index (χ1n) is 13.0. The largest absolute Gasteiger partial charge is 0.381 e. The van der Waals surface area contributed by atoms with Crippen LogP contribution in [-0.2, 0) is 22.7 Å². The molecule has 7 rings (SSSR count). The van der Waals surface area contributed by atoms with E-state index in [9.17, 15) is 9.59 Å². The highest BCUT2D eigenvalue weighted by atomic mass is 16.2. The number of nitrogens with one attached hydrogen (secondary N) is 3. The third-order valence-corrected chi connectivity index (χ3v) is 8.78. The molecular weight excluding hydrogens is 422 g/mol. The number of anilines is 1. The van der Waals surface area contributed by atoms with Crippen LogP contribution < -0.4 is 16.0 Å². The first kappa shape index (κ1) is 21.8. The number of rotatable bonds is 7. The first-order valence-corrected chi connectivity index (χ1v) is 13.0. The highest BCUT2D eigenvalue weighted by Gasteiger charge is 2.50. The van der Waals surface area contributed by atoms with Gasteiger partial charge < -0.3 is 10.6 Å². The van der Waals surface area contributed by atoms with Gasteiger partial charge in [-0.1, -0.05) is 36.4 Å². The van der Waals surface area contributed by atoms with E-state index >= 15 is 0 Å². The average molecular weight is 458 g/mol. The van der Waals surface area contributed by atoms with Crippen molar-refractivity contribution in [3.05, 3.63) is 65.2 Å². The van der Waals surface area contributed by atoms with Gasteiger partial charge in [0.1, 0.15) is 0 Å². The van der Waals surface area contributed by atoms with Crippen LogP contribution in [0.15, 0.2) is 48.5 Å². The molecule has 178 valence electrons. The van der Waals surface area contributed by atoms with Gasteiger partial charge in [0.25, 0.3) is 0 Å². The van der Waals surface area contributed by atoms with Crippen LogP contribution in [0.1, 0.15) is 74.0 Å². The zero-order valence-corrected chi connectivity index (χ0v) is 19.8. The van der Waals surface area contributed by atoms with Crippen molar-refractivity contribution < 1.29 is 9.59 Å². The van der Waals surface area contributed by atoms with E-state index in [0.717, 1.165) is 42.1 Å². The molecular formula is C29H35N3O2. The molecule has 1 atom stereocenters. The second-order valence-corrected chi connectivity index (χ2v) is 11.3. The minimum atomic E-state index is -0.230. The Bertz CT molecular complexity index is 1020. The predicted octanol–water partition coefficient (Wildman–Crippen LogP) is 4.88. The van der Waals surface area contributed by atoms with E-state index in [-0.39, 0.29) is 17.7 Å². The summed E-state index contributed by atoms with van der Waals surface area (Å²) < 4.78 is 0. The van der Waals surface area contributed by atoms with E-state index < -0.39 is 0 Å². The summed E-state index contributed by atoms with van der Waals surface area (Å²) in [5, 5.41) is 9.91. The smallest absolute Gasteiger partial charge is 0.234 e. The summed E-state index contributed by atoms with van der Waals surface area (Å²) in [7, 11) is 0. The molecule has 4 aliphatic carbocycles. The highest BCUT2D eigenvalue weighted by molar-refractivity contribution is 6.00. The molecule has 2 aromatic carbocycles. The van der Waals surface area contributed by atoms with E-state index in [1.165, 1.54) is 49.7 Å². The zero-order chi connectivity index (χ0) is 23.1. The van der Waals surface area contributed by atoms with Crippen molar-refractivity contribution in [3.8, 4) is 0 Å². The van der Waals surface area contributed by atoms with Crippen LogP contribution in [0.5, 0.6) is 0 Å². The molecule has 5 aliphatic rings. The molecule has 0 spiro atoms. The number of hydrogen-bond acceptors (Lipinski definition) is 4. The van der Waals surface area contributed by atoms with Crippen LogP contribution in [0.25, 0.3) is 0 Å². The van der Waals surface area contributed by atoms with Crippen molar-refractivity contribution in [2.24, 2.45) is 17.8 Å². The van der Waals surface area contributed by atoms with Crippen molar-refractivity contribution in [1.82, 2.24) is 10.6 Å². The van der Waals surface area contributed by atoms with E-state index in [1.54, 1.807) is 0 Å². The molecule has 1 saturated heterocycles. The van der Waals surface area contributed by atoms with Crippen LogP contribution in [-0.4, -0.2) is 17.4 Å². The van der Waals surface area contributed by atoms with Crippen LogP contribution >= 0.6 is 0 Å². The zero-order valence-electron chi connectivity index (χ0n) is 19.8. The van der Waals surface area contributed by atoms with Gasteiger partial charge in [-0.25, -0.2) is 0 Å². The SMILES string of the molecule is O=C1CCC(c2ccc(NCc3ccc(CNC45CC6CC(CC(C6)C4)C5)cc3)cc2)C(=O)N1. The standard InChI is InChI=1S/C29H35N3O2/c33-27-10-9-26(28(34)32-27)24-5-7-25(8-6-24)30-17-19-1-3-20(4-2-19)18-31-29-14-21-11-22(15-29)13-23(12-21)16-29/h1-8,21-23,26,30-31H,9-18H2,(H,32,33,34). The maximum Gasteiger partial charge on any atom is 0.234 e. The summed E-state index contributed by atoms with van der Waals surface area (Å²) >= 11 is 0. The summed E-state index contributed by atoms with van der Waals surface area (Å²) in [6.07, 6.45) is 9.63. The van der Waals surface area contributed by atoms with E-state index in [1.807, 2.05) is 24.3 Å². The van der Waals surface area contributed by atoms with Gasteiger partial charge in [0, 0.05) is 30.7 Å². The van der Waals surface area contributed by atoms with Gasteiger partial charge in [0.2, 0.25) is 11.8 Å². The highest BCUT2D eigenvalue weighted by Crippen LogP contribution is 2.55. The van der Waals surface area contributed by atoms with E-state index in [0.29, 0.717) is 18.4 Å². The predicted molar refractivity (Wildman–Crippen MR) is 133 cm³/mol. The third-order valence-electron chi connectivity index (χ3n) is 8.78. The average Bonchev–Trinajstić information content (AvgIpc) is 2.82. The van der Waals surface area contributed by atoms with Gasteiger partial charge in [-0.15, -0.1) is 0 Å². The minimum Gasteiger partial charge on any atom is -0.381 e. The Morgan fingerprint density at radius 1 is 0.794 bits per heavy atom. The number of piperidine rings is 1. The number of imide groups is 1. The first-order chi connectivity index (χ1) is 16.5. The number of carbonyl (C=O) groups excluding carboxylic acids is 2. The quantitative estimate of drug-likeness (QED) is 0.519. The maximum absolute atomic E-state index is 12.1. The molecule has 2 amide bonds. The van der Waals surface area contributed by atoms with Crippen LogP contribution in [0.3, 0.4) is 0 Å². The fourth-order valence-corrected chi connectivity index (χ4v) is 7.44. The number of carbonyl (C=O) groups is 2. The Hall–Kier alpha value is -2.66. The van der Waals surface area contributed by atoms with Gasteiger partial charge in [-0.3, -0.25) is 14.9 Å². The molecule has 4 bridgehead atoms. The molecule has 1 aliphatic heterocycles. The molecule has 1 heterocycles. The van der Waals surface area contributed by atoms with Crippen LogP contribution in [0, 0.1) is 17.8 Å². The van der Waals surface area contributed by atoms with E-state index in [2.05, 4.69) is 40.2 Å². The Balaban J connectivity index is 1.00. The summed E-state index contributed by atoms with van der Waals surface area (Å²) in [5.41, 5.74) is 5.03. The lowest BCUT2D eigenvalue weighted by Crippen LogP contribution is -2.58. The lowest BCUT2D eigenvalue weighted by atomic mass is 9.53. The maximum atomic E-state index is 12.1. The van der Waals surface area contributed by atoms with Gasteiger partial charge in [-0.2, -0.15) is 0 Å². The molecule has 34 heavy (non-hydrogen) atoms. The van der Waals surface area contributed by atoms with Crippen molar-refractivity contribution in [1.29, 1.82) is 0 Å². The van der Waals surface area contributed by atoms with Crippen molar-refractivity contribution in [2.45, 2.75) is 75.9 Å². The molecule has 3 N–H and O–H groups in total. The third kappa shape index (κ3) is 4.50. The molecule has 5 fully saturated rings. The molecule has 4 saturated carbocycles. The molecule has 0 radical (unpaired) electrons. The number of hydrogen-bond donors (Lipinski definition) is 3. The second kappa shape index (κ2) is 8.84. The Labute approximate surface area is 202 Å². The van der Waals surface area contributed by atoms with Gasteiger partial charge >= 0.3 is 0 Å². The lowest BCUT2D eigenvalue weighted by Gasteiger charge is -2.57. The minimum absolute atomic E-state index is 0.172. The van der Waals surface area contributed by atoms with Crippen molar-refractivity contribution in [3.63, 3.8) is 0 Å². The van der Waals surface area contributed by atoms with E-state index in [4.69, 9.17) is 0 Å². The lowest BCUT2D eigenvalue weighted by molar-refractivity contribution is -0.134. The van der Waals surface area contributed by atoms with Gasteiger partial charge in [0.15, 0.2) is 0 Å². The Morgan fingerprint density at radius 2 is 1.38 bits per heavy atom. The van der Waals surface area contributed by atoms with Crippen molar-refractivity contribution in [2.75, 3.05) is 5.32 Å². The van der Waals surface area contributed by atoms with Crippen LogP contribution in [0.2, 0.25) is 0 Å². The fraction of sp³-hybridized carbons (Fsp3) is 0.517. The monoisotopic (exact) mass is 457 g/mol. The number of amides is 2. The van der Waals surface area contributed by atoms with Crippen molar-refractivity contribution >= 4 is 17.5 Å². The van der Waals surface area contributed by atoms with Crippen LogP contribution in [0.4, 0.5) is 5.69 Å². The summed E-state index contributed by atoms with van der Waals surface area (Å²) in [4.78, 5) is 23.4. The topological polar surface area (TPSA) is 70.2 Å². The Kier molecular flexibility index (Phi) is 5.68. The molecule has 0 aromatic heterocycles. The Morgan fingerprint density at radius 3 is 1.97 bits per heavy atom. The summed E-state index contributed by atoms with van der Waals surface area (Å²) in [5.74, 6) is 2.34. The molecule has 5 heteroatoms. The number of benzene rings is 2. The second-order valence-electron chi connectivity index (χ2n) is 11.3.